The third kappa shape index (κ3) is 11.1. The summed E-state index contributed by atoms with van der Waals surface area (Å²) in [6.45, 7) is 14.9. The SMILES string of the molecule is COCCCN1CCOc2ccc(CO[C@H]3CN(C(=O)[C@@H](N)C(C)C)[C@@H](CC(C)(C)NC(C)=O)C[C@@H]3c3ccc(COCCOC)cc3)cc21. The smallest absolute Gasteiger partial charge is 0.240 e. The van der Waals surface area contributed by atoms with E-state index >= 15 is 0 Å². The van der Waals surface area contributed by atoms with Crippen LogP contribution in [0.25, 0.3) is 0 Å². The second-order valence-electron chi connectivity index (χ2n) is 14.6. The molecular weight excluding hydrogens is 636 g/mol. The molecule has 0 spiro atoms. The molecule has 3 N–H and O–H groups in total. The Bertz CT molecular complexity index is 1370. The van der Waals surface area contributed by atoms with Crippen LogP contribution < -0.4 is 20.7 Å². The fourth-order valence-electron chi connectivity index (χ4n) is 7.06. The highest BCUT2D eigenvalue weighted by atomic mass is 16.5. The van der Waals surface area contributed by atoms with Crippen LogP contribution in [0.2, 0.25) is 0 Å². The van der Waals surface area contributed by atoms with Crippen molar-refractivity contribution in [3.8, 4) is 5.75 Å². The van der Waals surface area contributed by atoms with Crippen LogP contribution in [0.1, 0.15) is 76.5 Å². The first-order chi connectivity index (χ1) is 23.9. The zero-order valence-corrected chi connectivity index (χ0v) is 31.2. The number of carbonyl (C=O) groups excluding carboxylic acids is 2. The highest BCUT2D eigenvalue weighted by molar-refractivity contribution is 5.82. The van der Waals surface area contributed by atoms with Gasteiger partial charge in [0.1, 0.15) is 12.4 Å². The van der Waals surface area contributed by atoms with Gasteiger partial charge < -0.3 is 44.5 Å². The summed E-state index contributed by atoms with van der Waals surface area (Å²) < 4.78 is 29.0. The van der Waals surface area contributed by atoms with Crippen molar-refractivity contribution in [3.63, 3.8) is 0 Å². The minimum Gasteiger partial charge on any atom is -0.490 e. The van der Waals surface area contributed by atoms with E-state index in [0.29, 0.717) is 59.0 Å². The number of nitrogens with two attached hydrogens (primary N) is 1. The van der Waals surface area contributed by atoms with Crippen molar-refractivity contribution < 1.29 is 33.3 Å². The van der Waals surface area contributed by atoms with E-state index in [1.807, 2.05) is 38.7 Å². The van der Waals surface area contributed by atoms with Gasteiger partial charge in [0.15, 0.2) is 0 Å². The number of piperidine rings is 1. The molecule has 2 amide bonds. The topological polar surface area (TPSA) is 125 Å². The molecule has 2 aromatic rings. The summed E-state index contributed by atoms with van der Waals surface area (Å²) in [4.78, 5) is 30.4. The number of amides is 2. The van der Waals surface area contributed by atoms with Gasteiger partial charge in [-0.15, -0.1) is 0 Å². The molecule has 2 heterocycles. The lowest BCUT2D eigenvalue weighted by Gasteiger charge is -2.47. The van der Waals surface area contributed by atoms with E-state index in [1.54, 1.807) is 14.2 Å². The third-order valence-corrected chi connectivity index (χ3v) is 9.67. The van der Waals surface area contributed by atoms with E-state index < -0.39 is 11.6 Å². The number of hydrogen-bond donors (Lipinski definition) is 2. The van der Waals surface area contributed by atoms with Gasteiger partial charge >= 0.3 is 0 Å². The molecule has 11 heteroatoms. The normalized spacial score (nSPS) is 20.0. The van der Waals surface area contributed by atoms with E-state index in [1.165, 1.54) is 6.92 Å². The summed E-state index contributed by atoms with van der Waals surface area (Å²) in [6, 6.07) is 14.0. The van der Waals surface area contributed by atoms with Crippen molar-refractivity contribution in [2.45, 2.75) is 96.7 Å². The fraction of sp³-hybridized carbons (Fsp3) is 0.641. The summed E-state index contributed by atoms with van der Waals surface area (Å²) in [6.07, 6.45) is 1.90. The molecule has 50 heavy (non-hydrogen) atoms. The maximum absolute atomic E-state index is 14.0. The van der Waals surface area contributed by atoms with Gasteiger partial charge in [-0.1, -0.05) is 44.2 Å². The van der Waals surface area contributed by atoms with Crippen molar-refractivity contribution in [1.82, 2.24) is 10.2 Å². The van der Waals surface area contributed by atoms with Gasteiger partial charge in [0.25, 0.3) is 0 Å². The molecule has 1 fully saturated rings. The highest BCUT2D eigenvalue weighted by Gasteiger charge is 2.43. The van der Waals surface area contributed by atoms with Crippen molar-refractivity contribution in [2.75, 3.05) is 65.2 Å². The van der Waals surface area contributed by atoms with Crippen molar-refractivity contribution in [3.05, 3.63) is 59.2 Å². The number of methoxy groups -OCH3 is 2. The van der Waals surface area contributed by atoms with Gasteiger partial charge in [0.05, 0.1) is 50.8 Å². The molecule has 0 unspecified atom stereocenters. The molecule has 0 aromatic heterocycles. The summed E-state index contributed by atoms with van der Waals surface area (Å²) in [5, 5.41) is 3.09. The van der Waals surface area contributed by atoms with Crippen LogP contribution in [0, 0.1) is 5.92 Å². The molecule has 0 radical (unpaired) electrons. The van der Waals surface area contributed by atoms with Crippen LogP contribution in [0.4, 0.5) is 5.69 Å². The molecule has 2 aliphatic rings. The lowest BCUT2D eigenvalue weighted by molar-refractivity contribution is -0.144. The average Bonchev–Trinajstić information content (AvgIpc) is 3.08. The van der Waals surface area contributed by atoms with Gasteiger partial charge in [-0.3, -0.25) is 9.59 Å². The number of likely N-dealkylation sites (tertiary alicyclic amines) is 1. The second-order valence-corrected chi connectivity index (χ2v) is 14.6. The van der Waals surface area contributed by atoms with Gasteiger partial charge in [0, 0.05) is 58.3 Å². The molecule has 0 aliphatic carbocycles. The zero-order valence-electron chi connectivity index (χ0n) is 31.2. The van der Waals surface area contributed by atoms with Crippen LogP contribution >= 0.6 is 0 Å². The number of hydrogen-bond acceptors (Lipinski definition) is 9. The Morgan fingerprint density at radius 1 is 1.02 bits per heavy atom. The monoisotopic (exact) mass is 696 g/mol. The van der Waals surface area contributed by atoms with E-state index in [2.05, 4.69) is 46.6 Å². The van der Waals surface area contributed by atoms with E-state index in [4.69, 9.17) is 29.4 Å². The molecule has 2 aromatic carbocycles. The molecule has 4 rings (SSSR count). The Balaban J connectivity index is 1.62. The molecule has 11 nitrogen and oxygen atoms in total. The number of nitrogens with zero attached hydrogens (tertiary/aromatic N) is 2. The van der Waals surface area contributed by atoms with Crippen LogP contribution in [-0.4, -0.2) is 101 Å². The minimum atomic E-state index is -0.638. The van der Waals surface area contributed by atoms with Crippen molar-refractivity contribution in [1.29, 1.82) is 0 Å². The zero-order chi connectivity index (χ0) is 36.3. The molecule has 1 saturated heterocycles. The van der Waals surface area contributed by atoms with Gasteiger partial charge in [-0.2, -0.15) is 0 Å². The quantitative estimate of drug-likeness (QED) is 0.215. The number of carbonyl (C=O) groups is 2. The van der Waals surface area contributed by atoms with E-state index in [0.717, 1.165) is 47.6 Å². The molecule has 0 saturated carbocycles. The summed E-state index contributed by atoms with van der Waals surface area (Å²) in [5.74, 6) is 0.672. The van der Waals surface area contributed by atoms with Crippen LogP contribution in [0.5, 0.6) is 5.75 Å². The third-order valence-electron chi connectivity index (χ3n) is 9.67. The average molecular weight is 697 g/mol. The number of anilines is 1. The van der Waals surface area contributed by atoms with Gasteiger partial charge in [0.2, 0.25) is 11.8 Å². The minimum absolute atomic E-state index is 0.00224. The first kappa shape index (κ1) is 39.6. The standard InChI is InChI=1S/C39H60N4O7/c1-27(2)37(40)38(45)43-24-36(50-26-30-11-14-35-34(21-30)42(16-18-49-35)15-8-17-46-6)33(22-32(43)23-39(4,5)41-28(3)44)31-12-9-29(10-13-31)25-48-20-19-47-7/h9-14,21,27,32-33,36-37H,8,15-20,22-26,40H2,1-7H3,(H,41,44)/t32-,33-,36+,37+/m1/s1. The Kier molecular flexibility index (Phi) is 14.9. The lowest BCUT2D eigenvalue weighted by atomic mass is 9.78. The Morgan fingerprint density at radius 2 is 1.74 bits per heavy atom. The van der Waals surface area contributed by atoms with E-state index in [9.17, 15) is 9.59 Å². The predicted octanol–water partition coefficient (Wildman–Crippen LogP) is 4.64. The number of nitrogens with one attached hydrogen (secondary N) is 1. The summed E-state index contributed by atoms with van der Waals surface area (Å²) >= 11 is 0. The van der Waals surface area contributed by atoms with Gasteiger partial charge in [-0.25, -0.2) is 0 Å². The molecule has 0 bridgehead atoms. The molecule has 278 valence electrons. The van der Waals surface area contributed by atoms with Crippen LogP contribution in [0.15, 0.2) is 42.5 Å². The Labute approximate surface area is 299 Å². The maximum atomic E-state index is 14.0. The summed E-state index contributed by atoms with van der Waals surface area (Å²) in [5.41, 5.74) is 10.3. The van der Waals surface area contributed by atoms with Crippen molar-refractivity contribution in [2.24, 2.45) is 11.7 Å². The number of rotatable bonds is 18. The lowest BCUT2D eigenvalue weighted by Crippen LogP contribution is -2.59. The Morgan fingerprint density at radius 3 is 2.42 bits per heavy atom. The second kappa shape index (κ2) is 18.9. The molecule has 4 atom stereocenters. The molecular formula is C39H60N4O7. The van der Waals surface area contributed by atoms with Gasteiger partial charge in [-0.05, 0) is 67.9 Å². The highest BCUT2D eigenvalue weighted by Crippen LogP contribution is 2.39. The first-order valence-corrected chi connectivity index (χ1v) is 18.0. The number of ether oxygens (including phenoxy) is 5. The first-order valence-electron chi connectivity index (χ1n) is 18.0. The van der Waals surface area contributed by atoms with Crippen LogP contribution in [-0.2, 0) is 41.8 Å². The largest absolute Gasteiger partial charge is 0.490 e. The van der Waals surface area contributed by atoms with Crippen molar-refractivity contribution >= 4 is 17.5 Å². The predicted molar refractivity (Wildman–Crippen MR) is 195 cm³/mol. The molecule has 2 aliphatic heterocycles. The number of fused-ring (bicyclic) bond motifs is 1. The number of benzene rings is 2. The Hall–Kier alpha value is -3.22. The van der Waals surface area contributed by atoms with E-state index in [-0.39, 0.29) is 35.8 Å². The maximum Gasteiger partial charge on any atom is 0.240 e. The summed E-state index contributed by atoms with van der Waals surface area (Å²) in [7, 11) is 3.39. The fourth-order valence-corrected chi connectivity index (χ4v) is 7.06. The van der Waals surface area contributed by atoms with Crippen LogP contribution in [0.3, 0.4) is 0 Å².